The number of morpholine rings is 1. The summed E-state index contributed by atoms with van der Waals surface area (Å²) in [5.41, 5.74) is 3.07. The molecule has 0 N–H and O–H groups in total. The lowest BCUT2D eigenvalue weighted by Crippen LogP contribution is -2.36. The van der Waals surface area contributed by atoms with Crippen LogP contribution in [0.5, 0.6) is 5.75 Å². The summed E-state index contributed by atoms with van der Waals surface area (Å²) in [7, 11) is 0. The normalized spacial score (nSPS) is 16.0. The molecule has 1 heterocycles. The lowest BCUT2D eigenvalue weighted by Gasteiger charge is -2.28. The van der Waals surface area contributed by atoms with Gasteiger partial charge in [-0.25, -0.2) is 0 Å². The number of hydrogen-bond donors (Lipinski definition) is 0. The van der Waals surface area contributed by atoms with Crippen LogP contribution in [0.15, 0.2) is 47.5 Å². The van der Waals surface area contributed by atoms with Gasteiger partial charge in [-0.2, -0.15) is 0 Å². The van der Waals surface area contributed by atoms with E-state index in [4.69, 9.17) is 21.1 Å². The molecule has 1 fully saturated rings. The van der Waals surface area contributed by atoms with Crippen LogP contribution >= 0.6 is 11.6 Å². The summed E-state index contributed by atoms with van der Waals surface area (Å²) in [6, 6.07) is 14.0. The van der Waals surface area contributed by atoms with Gasteiger partial charge in [-0.3, -0.25) is 4.99 Å². The molecule has 5 heteroatoms. The van der Waals surface area contributed by atoms with Crippen LogP contribution in [-0.4, -0.2) is 38.6 Å². The summed E-state index contributed by atoms with van der Waals surface area (Å²) < 4.78 is 11.2. The van der Waals surface area contributed by atoms with Crippen LogP contribution in [0.4, 0.5) is 11.4 Å². The first kappa shape index (κ1) is 18.7. The molecule has 0 spiro atoms. The molecule has 0 saturated carbocycles. The molecule has 3 rings (SSSR count). The number of anilines is 1. The quantitative estimate of drug-likeness (QED) is 0.661. The number of aliphatic imine (C=N–C) groups is 1. The molecule has 1 atom stereocenters. The van der Waals surface area contributed by atoms with Gasteiger partial charge in [-0.15, -0.1) is 0 Å². The van der Waals surface area contributed by atoms with E-state index in [1.54, 1.807) is 0 Å². The molecule has 1 aliphatic heterocycles. The Kier molecular flexibility index (Phi) is 6.53. The van der Waals surface area contributed by atoms with Crippen molar-refractivity contribution in [3.8, 4) is 5.75 Å². The topological polar surface area (TPSA) is 34.1 Å². The molecule has 0 radical (unpaired) electrons. The summed E-state index contributed by atoms with van der Waals surface area (Å²) in [6.07, 6.45) is 2.92. The average Bonchev–Trinajstić information content (AvgIpc) is 2.69. The third kappa shape index (κ3) is 4.99. The Labute approximate surface area is 160 Å². The van der Waals surface area contributed by atoms with Gasteiger partial charge in [0, 0.05) is 25.0 Å². The molecule has 4 nitrogen and oxygen atoms in total. The smallest absolute Gasteiger partial charge is 0.138 e. The van der Waals surface area contributed by atoms with E-state index in [9.17, 15) is 0 Å². The Hall–Kier alpha value is -2.04. The van der Waals surface area contributed by atoms with Gasteiger partial charge in [0.05, 0.1) is 30.0 Å². The number of hydrogen-bond acceptors (Lipinski definition) is 4. The third-order valence-corrected chi connectivity index (χ3v) is 4.74. The van der Waals surface area contributed by atoms with Gasteiger partial charge in [0.1, 0.15) is 5.75 Å². The Balaban J connectivity index is 1.64. The molecule has 26 heavy (non-hydrogen) atoms. The molecule has 0 amide bonds. The van der Waals surface area contributed by atoms with Gasteiger partial charge in [-0.05, 0) is 61.4 Å². The minimum atomic E-state index is 0.150. The van der Waals surface area contributed by atoms with E-state index < -0.39 is 0 Å². The molecule has 1 aliphatic rings. The fourth-order valence-corrected chi connectivity index (χ4v) is 2.95. The summed E-state index contributed by atoms with van der Waals surface area (Å²) >= 11 is 6.32. The highest BCUT2D eigenvalue weighted by Gasteiger charge is 2.10. The zero-order valence-corrected chi connectivity index (χ0v) is 16.1. The molecule has 2 aromatic rings. The number of rotatable bonds is 6. The number of ether oxygens (including phenoxy) is 2. The maximum atomic E-state index is 6.32. The predicted molar refractivity (Wildman–Crippen MR) is 109 cm³/mol. The van der Waals surface area contributed by atoms with Crippen molar-refractivity contribution in [2.45, 2.75) is 26.4 Å². The van der Waals surface area contributed by atoms with Gasteiger partial charge in [0.2, 0.25) is 0 Å². The molecule has 1 saturated heterocycles. The monoisotopic (exact) mass is 372 g/mol. The van der Waals surface area contributed by atoms with Crippen LogP contribution in [0.3, 0.4) is 0 Å². The molecular weight excluding hydrogens is 348 g/mol. The van der Waals surface area contributed by atoms with Gasteiger partial charge >= 0.3 is 0 Å². The zero-order valence-electron chi connectivity index (χ0n) is 15.3. The fraction of sp³-hybridized carbons (Fsp3) is 0.381. The van der Waals surface area contributed by atoms with E-state index in [0.717, 1.165) is 44.0 Å². The number of halogens is 1. The molecule has 0 aliphatic carbocycles. The van der Waals surface area contributed by atoms with Crippen molar-refractivity contribution in [3.63, 3.8) is 0 Å². The van der Waals surface area contributed by atoms with E-state index in [2.05, 4.69) is 28.9 Å². The number of nitrogens with zero attached hydrogens (tertiary/aromatic N) is 2. The van der Waals surface area contributed by atoms with Crippen molar-refractivity contribution in [2.24, 2.45) is 4.99 Å². The summed E-state index contributed by atoms with van der Waals surface area (Å²) in [4.78, 5) is 6.87. The molecule has 0 bridgehead atoms. The molecule has 2 aromatic carbocycles. The highest BCUT2D eigenvalue weighted by atomic mass is 35.5. The minimum Gasteiger partial charge on any atom is -0.489 e. The van der Waals surface area contributed by atoms with E-state index in [0.29, 0.717) is 10.8 Å². The SMILES string of the molecule is CC[C@@H](C)Oc1ccc(C=Nc2ccc(N3CCOCC3)cc2)cc1Cl. The lowest BCUT2D eigenvalue weighted by molar-refractivity contribution is 0.122. The van der Waals surface area contributed by atoms with Crippen LogP contribution in [0.25, 0.3) is 0 Å². The Morgan fingerprint density at radius 1 is 1.19 bits per heavy atom. The second-order valence-electron chi connectivity index (χ2n) is 6.40. The summed E-state index contributed by atoms with van der Waals surface area (Å²) in [5.74, 6) is 0.716. The predicted octanol–water partition coefficient (Wildman–Crippen LogP) is 5.10. The van der Waals surface area contributed by atoms with Crippen molar-refractivity contribution >= 4 is 29.2 Å². The van der Waals surface area contributed by atoms with Crippen LogP contribution in [0, 0.1) is 0 Å². The molecule has 0 aromatic heterocycles. The van der Waals surface area contributed by atoms with Gasteiger partial charge < -0.3 is 14.4 Å². The first-order valence-electron chi connectivity index (χ1n) is 9.08. The lowest BCUT2D eigenvalue weighted by atomic mass is 10.2. The van der Waals surface area contributed by atoms with Crippen LogP contribution in [0.1, 0.15) is 25.8 Å². The van der Waals surface area contributed by atoms with Gasteiger partial charge in [-0.1, -0.05) is 18.5 Å². The Bertz CT molecular complexity index is 740. The van der Waals surface area contributed by atoms with Crippen molar-refractivity contribution in [1.82, 2.24) is 0 Å². The number of benzene rings is 2. The highest BCUT2D eigenvalue weighted by molar-refractivity contribution is 6.32. The van der Waals surface area contributed by atoms with Crippen LogP contribution < -0.4 is 9.64 Å². The van der Waals surface area contributed by atoms with Crippen molar-refractivity contribution in [3.05, 3.63) is 53.1 Å². The van der Waals surface area contributed by atoms with Crippen molar-refractivity contribution in [1.29, 1.82) is 0 Å². The van der Waals surface area contributed by atoms with Crippen molar-refractivity contribution in [2.75, 3.05) is 31.2 Å². The molecule has 138 valence electrons. The standard InChI is InChI=1S/C21H25ClN2O2/c1-3-16(2)26-21-9-4-17(14-20(21)22)15-23-18-5-7-19(8-6-18)24-10-12-25-13-11-24/h4-9,14-16H,3,10-13H2,1-2H3/t16-/m1/s1. The van der Waals surface area contributed by atoms with E-state index in [-0.39, 0.29) is 6.10 Å². The van der Waals surface area contributed by atoms with Crippen molar-refractivity contribution < 1.29 is 9.47 Å². The second kappa shape index (κ2) is 9.06. The summed E-state index contributed by atoms with van der Waals surface area (Å²) in [5, 5.41) is 0.608. The fourth-order valence-electron chi connectivity index (χ4n) is 2.71. The molecular formula is C21H25ClN2O2. The summed E-state index contributed by atoms with van der Waals surface area (Å²) in [6.45, 7) is 7.57. The first-order valence-corrected chi connectivity index (χ1v) is 9.46. The maximum Gasteiger partial charge on any atom is 0.138 e. The van der Waals surface area contributed by atoms with Crippen LogP contribution in [-0.2, 0) is 4.74 Å². The van der Waals surface area contributed by atoms with Gasteiger partial charge in [0.25, 0.3) is 0 Å². The molecule has 0 unspecified atom stereocenters. The third-order valence-electron chi connectivity index (χ3n) is 4.45. The average molecular weight is 373 g/mol. The Morgan fingerprint density at radius 3 is 2.58 bits per heavy atom. The highest BCUT2D eigenvalue weighted by Crippen LogP contribution is 2.27. The van der Waals surface area contributed by atoms with E-state index in [1.165, 1.54) is 5.69 Å². The first-order chi connectivity index (χ1) is 12.7. The Morgan fingerprint density at radius 2 is 1.92 bits per heavy atom. The maximum absolute atomic E-state index is 6.32. The van der Waals surface area contributed by atoms with Gasteiger partial charge in [0.15, 0.2) is 0 Å². The van der Waals surface area contributed by atoms with Crippen LogP contribution in [0.2, 0.25) is 5.02 Å². The minimum absolute atomic E-state index is 0.150. The largest absolute Gasteiger partial charge is 0.489 e. The van der Waals surface area contributed by atoms with E-state index >= 15 is 0 Å². The second-order valence-corrected chi connectivity index (χ2v) is 6.81. The zero-order chi connectivity index (χ0) is 18.4. The van der Waals surface area contributed by atoms with E-state index in [1.807, 2.05) is 43.5 Å².